The van der Waals surface area contributed by atoms with Gasteiger partial charge in [0.15, 0.2) is 18.3 Å². The van der Waals surface area contributed by atoms with Gasteiger partial charge < -0.3 is 48.1 Å². The van der Waals surface area contributed by atoms with Crippen molar-refractivity contribution in [3.8, 4) is 40.2 Å². The third-order valence-electron chi connectivity index (χ3n) is 22.1. The van der Waals surface area contributed by atoms with Crippen LogP contribution in [0.5, 0.6) is 40.2 Å². The summed E-state index contributed by atoms with van der Waals surface area (Å²) in [6.07, 6.45) is 19.6. The van der Waals surface area contributed by atoms with E-state index in [-0.39, 0.29) is 88.4 Å². The minimum atomic E-state index is -4.98. The first-order chi connectivity index (χ1) is 57.6. The smallest absolute Gasteiger partial charge is 0.437 e. The van der Waals surface area contributed by atoms with Crippen LogP contribution in [-0.4, -0.2) is 98.3 Å². The zero-order valence-corrected chi connectivity index (χ0v) is 76.8. The Kier molecular flexibility index (Phi) is 60.1. The van der Waals surface area contributed by atoms with E-state index >= 15 is 0 Å². The number of nitrogens with zero attached hydrogens (tertiary/aromatic N) is 1. The Hall–Kier alpha value is -9.21. The van der Waals surface area contributed by atoms with Crippen molar-refractivity contribution in [1.82, 2.24) is 0 Å². The topological polar surface area (TPSA) is 272 Å². The van der Waals surface area contributed by atoms with Crippen molar-refractivity contribution in [3.05, 3.63) is 216 Å². The predicted molar refractivity (Wildman–Crippen MR) is 528 cm³/mol. The first kappa shape index (κ1) is 127. The average Bonchev–Trinajstić information content (AvgIpc) is 0.760. The molecule has 26 heteroatoms. The second-order valence-electron chi connectivity index (χ2n) is 32.0. The first-order valence-corrected chi connectivity index (χ1v) is 47.2. The van der Waals surface area contributed by atoms with E-state index in [0.29, 0.717) is 71.7 Å². The molecule has 0 bridgehead atoms. The van der Waals surface area contributed by atoms with Gasteiger partial charge in [-0.3, -0.25) is 13.9 Å². The highest BCUT2D eigenvalue weighted by atomic mass is 33.2. The second kappa shape index (κ2) is 61.5. The fourth-order valence-electron chi connectivity index (χ4n) is 12.2. The fraction of sp³-hybridized carbons (Fsp3) is 0.529. The molecule has 0 spiro atoms. The number of methoxy groups -OCH3 is 2. The van der Waals surface area contributed by atoms with E-state index in [9.17, 15) is 48.0 Å². The molecule has 0 aromatic heterocycles. The van der Waals surface area contributed by atoms with Crippen molar-refractivity contribution in [2.45, 2.75) is 349 Å². The summed E-state index contributed by atoms with van der Waals surface area (Å²) in [5.41, 5.74) is 2.16. The summed E-state index contributed by atoms with van der Waals surface area (Å²) in [4.78, 5) is 22.9. The molecule has 2 saturated carbocycles. The van der Waals surface area contributed by atoms with E-state index in [0.717, 1.165) is 79.3 Å². The number of phenolic OH excluding ortho intramolecular Hbond substituents is 1. The molecule has 6 atom stereocenters. The Morgan fingerprint density at radius 1 is 0.408 bits per heavy atom. The molecule has 0 radical (unpaired) electrons. The van der Waals surface area contributed by atoms with Gasteiger partial charge in [0, 0.05) is 12.0 Å². The van der Waals surface area contributed by atoms with E-state index in [1.807, 2.05) is 45.9 Å². The summed E-state index contributed by atoms with van der Waals surface area (Å²) in [5.74, 6) is 5.12. The van der Waals surface area contributed by atoms with Gasteiger partial charge in [-0.15, -0.1) is 0 Å². The van der Waals surface area contributed by atoms with Gasteiger partial charge in [-0.2, -0.15) is 21.6 Å². The molecule has 20 nitrogen and oxygen atoms in total. The normalized spacial score (nSPS) is 14.7. The monoisotopic (exact) mass is 1880 g/mol. The summed E-state index contributed by atoms with van der Waals surface area (Å²) >= 11 is 0. The van der Waals surface area contributed by atoms with Gasteiger partial charge in [0.25, 0.3) is 17.7 Å². The maximum Gasteiger partial charge on any atom is 0.437 e. The molecule has 0 saturated heterocycles. The Morgan fingerprint density at radius 2 is 0.715 bits per heavy atom. The number of hydrogen-bond donors (Lipinski definition) is 2. The number of hydrogen-bond acceptors (Lipinski definition) is 20. The molecule has 3 aliphatic carbocycles. The number of halogens is 3. The number of alkyl halides is 3. The van der Waals surface area contributed by atoms with Gasteiger partial charge in [0.2, 0.25) is 0 Å². The van der Waals surface area contributed by atoms with Crippen molar-refractivity contribution in [3.63, 3.8) is 0 Å². The quantitative estimate of drug-likeness (QED) is 0.0102. The number of ether oxygens (including phenoxy) is 8. The van der Waals surface area contributed by atoms with Crippen LogP contribution in [0, 0.1) is 16.7 Å². The van der Waals surface area contributed by atoms with Gasteiger partial charge >= 0.3 is 28.2 Å². The number of aromatic hydroxyl groups is 1. The number of benzene rings is 7. The fourth-order valence-corrected chi connectivity index (χ4v) is 16.6. The van der Waals surface area contributed by atoms with E-state index < -0.39 is 77.9 Å². The van der Waals surface area contributed by atoms with Crippen LogP contribution in [-0.2, 0) is 51.2 Å². The van der Waals surface area contributed by atoms with Crippen LogP contribution in [0.1, 0.15) is 326 Å². The molecule has 10 rings (SSSR count). The Morgan fingerprint density at radius 3 is 1.02 bits per heavy atom. The Bertz CT molecular complexity index is 4660. The average molecular weight is 1880 g/mol. The van der Waals surface area contributed by atoms with Crippen LogP contribution < -0.4 is 28.4 Å². The largest absolute Gasteiger partial charge is 0.512 e. The van der Waals surface area contributed by atoms with E-state index in [4.69, 9.17) is 48.1 Å². The molecular weight excluding hydrogens is 1720 g/mol. The minimum Gasteiger partial charge on any atom is -0.512 e. The number of carbonyl (C=O) groups is 2. The SMILES string of the molecule is C.C.C.C.C.C.C.C.CCC(C)(C)C(=O)Oc1ccc(S(=O)(=O)O/N=C(/c2ccc(OC)cc2)C(F)(F)F)cc1.CCC(C)(C)C(=O)Oc1ccc(S(=O)(=O)S(=O)(=O)c2ccc(OC)cc2)cc1.CCC(C)C1=CC=C(O)CC1.CCC(C)c1ccc(O)cc1.CCC(C)c1ccc(OC(C)OC2CCCCC2)cc1.CCC(C)c1ccc(OC(C)OC2CCCCC2)cc1. The Labute approximate surface area is 782 Å². The number of carbonyl (C=O) groups excluding carboxylic acids is 2. The summed E-state index contributed by atoms with van der Waals surface area (Å²) in [6, 6.07) is 43.2. The summed E-state index contributed by atoms with van der Waals surface area (Å²) in [7, 11) is -11.3. The van der Waals surface area contributed by atoms with Gasteiger partial charge in [-0.05, 0) is 292 Å². The number of oxime groups is 1. The molecule has 3 aliphatic rings. The molecule has 0 aliphatic heterocycles. The maximum atomic E-state index is 13.4. The highest BCUT2D eigenvalue weighted by Gasteiger charge is 2.39. The van der Waals surface area contributed by atoms with Crippen LogP contribution in [0.15, 0.2) is 213 Å². The number of allylic oxidation sites excluding steroid dienone is 4. The van der Waals surface area contributed by atoms with Crippen molar-refractivity contribution in [2.24, 2.45) is 21.9 Å². The van der Waals surface area contributed by atoms with Crippen molar-refractivity contribution >= 4 is 45.5 Å². The molecule has 2 N–H and O–H groups in total. The number of rotatable bonds is 31. The van der Waals surface area contributed by atoms with Crippen molar-refractivity contribution in [1.29, 1.82) is 0 Å². The van der Waals surface area contributed by atoms with Crippen LogP contribution in [0.4, 0.5) is 13.2 Å². The highest BCUT2D eigenvalue weighted by molar-refractivity contribution is 8.67. The summed E-state index contributed by atoms with van der Waals surface area (Å²) in [6.45, 7) is 32.2. The molecule has 7 aromatic carbocycles. The third-order valence-corrected chi connectivity index (χ3v) is 28.4. The summed E-state index contributed by atoms with van der Waals surface area (Å²) in [5, 5.41) is 21.0. The molecule has 0 heterocycles. The van der Waals surface area contributed by atoms with Crippen LogP contribution >= 0.6 is 0 Å². The lowest BCUT2D eigenvalue weighted by Crippen LogP contribution is -2.28. The zero-order chi connectivity index (χ0) is 90.6. The minimum absolute atomic E-state index is 0. The van der Waals surface area contributed by atoms with Crippen LogP contribution in [0.3, 0.4) is 0 Å². The van der Waals surface area contributed by atoms with Gasteiger partial charge in [0.1, 0.15) is 45.1 Å². The number of esters is 2. The van der Waals surface area contributed by atoms with Crippen LogP contribution in [0.25, 0.3) is 0 Å². The van der Waals surface area contributed by atoms with Gasteiger partial charge in [-0.1, -0.05) is 220 Å². The molecular formula is C104H162F3NO19S3. The van der Waals surface area contributed by atoms with Gasteiger partial charge in [-0.25, -0.2) is 16.8 Å². The standard InChI is InChI=1S/C21H22F3NO6S.C19H22O7S2.2C18H28O2.C10H16O.C10H14O.8CH4/c1-5-20(2,3)19(26)30-16-10-12-17(13-11-16)32(27,28)31-25-18(21(22,23)24)14-6-8-15(29-4)9-7-14;1-5-19(2,3)18(20)26-15-8-12-17(13-9-15)28(23,24)27(21,22)16-10-6-14(25-4)7-11-16;2*1-4-14(2)16-10-12-18(13-11-16)20-15(3)19-17-8-6-5-7-9-17;2*1-3-8(2)9-4-6-10(11)7-5-9;;;;;;;;/h6-13H,5H2,1-4H3;6-13H,5H2,1-4H3;2*10-15,17H,4-9H2,1-3H3;4,6,8,11H,3,5,7H2,1-2H3;4-8,11H,3H2,1-2H3;8*1H4/b25-18-;;;;;;;;;;;;;. The lowest BCUT2D eigenvalue weighted by Gasteiger charge is -2.26. The third kappa shape index (κ3) is 41.3. The lowest BCUT2D eigenvalue weighted by atomic mass is 9.91. The number of aliphatic hydroxyl groups is 1. The first-order valence-electron chi connectivity index (χ1n) is 42.3. The van der Waals surface area contributed by atoms with E-state index in [1.165, 1.54) is 168 Å². The van der Waals surface area contributed by atoms with Gasteiger partial charge in [0.05, 0.1) is 52.8 Å². The lowest BCUT2D eigenvalue weighted by molar-refractivity contribution is -0.144. The summed E-state index contributed by atoms with van der Waals surface area (Å²) < 4.78 is 163. The molecule has 0 amide bonds. The zero-order valence-electron chi connectivity index (χ0n) is 74.3. The second-order valence-corrected chi connectivity index (χ2v) is 38.9. The van der Waals surface area contributed by atoms with E-state index in [1.54, 1.807) is 39.8 Å². The van der Waals surface area contributed by atoms with E-state index in [2.05, 4.69) is 119 Å². The Balaban J connectivity index is -0.000000748. The highest BCUT2D eigenvalue weighted by Crippen LogP contribution is 2.34. The predicted octanol–water partition coefficient (Wildman–Crippen LogP) is 29.6. The molecule has 7 aromatic rings. The molecule has 2 fully saturated rings. The maximum absolute atomic E-state index is 13.4. The van der Waals surface area contributed by atoms with Crippen molar-refractivity contribution < 1.29 is 100 Å². The number of aliphatic hydroxyl groups excluding tert-OH is 1. The molecule has 130 heavy (non-hydrogen) atoms. The van der Waals surface area contributed by atoms with Crippen LogP contribution in [0.2, 0.25) is 0 Å². The van der Waals surface area contributed by atoms with Crippen molar-refractivity contribution in [2.75, 3.05) is 14.2 Å². The number of phenols is 1. The molecule has 736 valence electrons. The molecule has 6 unspecified atom stereocenters.